The molecule has 1 aromatic carbocycles. The van der Waals surface area contributed by atoms with Crippen LogP contribution in [-0.4, -0.2) is 19.0 Å². The second-order valence-corrected chi connectivity index (χ2v) is 5.02. The zero-order chi connectivity index (χ0) is 12.8. The van der Waals surface area contributed by atoms with E-state index >= 15 is 0 Å². The summed E-state index contributed by atoms with van der Waals surface area (Å²) in [5, 5.41) is 6.12. The quantitative estimate of drug-likeness (QED) is 0.771. The molecule has 0 saturated heterocycles. The molecule has 0 aliphatic heterocycles. The van der Waals surface area contributed by atoms with Crippen LogP contribution in [0.1, 0.15) is 30.9 Å². The normalized spacial score (nSPS) is 14.5. The van der Waals surface area contributed by atoms with Gasteiger partial charge in [0.25, 0.3) is 0 Å². The molecule has 0 atom stereocenters. The number of hydrogen-bond acceptors (Lipinski definition) is 2. The van der Waals surface area contributed by atoms with Crippen LogP contribution in [0.25, 0.3) is 0 Å². The van der Waals surface area contributed by atoms with Crippen molar-refractivity contribution in [1.29, 1.82) is 0 Å². The Bertz CT molecular complexity index is 382. The van der Waals surface area contributed by atoms with Crippen LogP contribution >= 0.6 is 0 Å². The van der Waals surface area contributed by atoms with Crippen LogP contribution < -0.4 is 10.6 Å². The van der Waals surface area contributed by atoms with Crippen LogP contribution in [0, 0.1) is 5.92 Å². The average Bonchev–Trinajstić information content (AvgIpc) is 3.21. The minimum Gasteiger partial charge on any atom is -0.351 e. The van der Waals surface area contributed by atoms with Gasteiger partial charge in [-0.15, -0.1) is 0 Å². The van der Waals surface area contributed by atoms with Gasteiger partial charge in [-0.1, -0.05) is 31.2 Å². The standard InChI is InChI=1S/C15H22N2O/c1-2-12-3-5-14(6-4-12)10-17-15(18)11-16-9-13-7-8-13/h3-6,13,16H,2,7-11H2,1H3,(H,17,18). The van der Waals surface area contributed by atoms with Gasteiger partial charge in [0.05, 0.1) is 6.54 Å². The highest BCUT2D eigenvalue weighted by Crippen LogP contribution is 2.27. The van der Waals surface area contributed by atoms with E-state index in [0.29, 0.717) is 13.1 Å². The van der Waals surface area contributed by atoms with E-state index in [9.17, 15) is 4.79 Å². The molecule has 0 spiro atoms. The SMILES string of the molecule is CCc1ccc(CNC(=O)CNCC2CC2)cc1. The largest absolute Gasteiger partial charge is 0.351 e. The summed E-state index contributed by atoms with van der Waals surface area (Å²) >= 11 is 0. The van der Waals surface area contributed by atoms with Crippen molar-refractivity contribution in [3.05, 3.63) is 35.4 Å². The molecule has 1 aliphatic carbocycles. The average molecular weight is 246 g/mol. The van der Waals surface area contributed by atoms with E-state index in [0.717, 1.165) is 24.4 Å². The van der Waals surface area contributed by atoms with Crippen LogP contribution in [0.15, 0.2) is 24.3 Å². The van der Waals surface area contributed by atoms with E-state index < -0.39 is 0 Å². The molecule has 1 saturated carbocycles. The van der Waals surface area contributed by atoms with Crippen molar-refractivity contribution >= 4 is 5.91 Å². The van der Waals surface area contributed by atoms with E-state index in [1.165, 1.54) is 18.4 Å². The predicted molar refractivity (Wildman–Crippen MR) is 73.3 cm³/mol. The summed E-state index contributed by atoms with van der Waals surface area (Å²) in [6.07, 6.45) is 3.69. The molecule has 1 fully saturated rings. The van der Waals surface area contributed by atoms with Crippen molar-refractivity contribution in [3.63, 3.8) is 0 Å². The molecule has 0 heterocycles. The zero-order valence-corrected chi connectivity index (χ0v) is 11.0. The number of aryl methyl sites for hydroxylation is 1. The monoisotopic (exact) mass is 246 g/mol. The maximum atomic E-state index is 11.6. The first-order valence-electron chi connectivity index (χ1n) is 6.83. The first-order chi connectivity index (χ1) is 8.78. The third-order valence-electron chi connectivity index (χ3n) is 3.34. The van der Waals surface area contributed by atoms with Gasteiger partial charge < -0.3 is 10.6 Å². The van der Waals surface area contributed by atoms with E-state index in [4.69, 9.17) is 0 Å². The minimum atomic E-state index is 0.0789. The predicted octanol–water partition coefficient (Wildman–Crippen LogP) is 1.86. The number of rotatable bonds is 7. The van der Waals surface area contributed by atoms with Crippen LogP contribution in [0.5, 0.6) is 0 Å². The highest BCUT2D eigenvalue weighted by Gasteiger charge is 2.20. The van der Waals surface area contributed by atoms with Gasteiger partial charge in [0.1, 0.15) is 0 Å². The Morgan fingerprint density at radius 2 is 1.89 bits per heavy atom. The van der Waals surface area contributed by atoms with Crippen molar-refractivity contribution in [3.8, 4) is 0 Å². The van der Waals surface area contributed by atoms with Crippen molar-refractivity contribution in [2.45, 2.75) is 32.7 Å². The van der Waals surface area contributed by atoms with Crippen LogP contribution in [0.4, 0.5) is 0 Å². The molecule has 0 radical (unpaired) electrons. The van der Waals surface area contributed by atoms with E-state index in [-0.39, 0.29) is 5.91 Å². The van der Waals surface area contributed by atoms with Crippen molar-refractivity contribution < 1.29 is 4.79 Å². The number of carbonyl (C=O) groups excluding carboxylic acids is 1. The fourth-order valence-electron chi connectivity index (χ4n) is 1.87. The number of nitrogens with one attached hydrogen (secondary N) is 2. The van der Waals surface area contributed by atoms with E-state index in [1.54, 1.807) is 0 Å². The minimum absolute atomic E-state index is 0.0789. The Labute approximate surface area is 109 Å². The van der Waals surface area contributed by atoms with Gasteiger partial charge >= 0.3 is 0 Å². The lowest BCUT2D eigenvalue weighted by Crippen LogP contribution is -2.34. The molecule has 98 valence electrons. The third-order valence-corrected chi connectivity index (χ3v) is 3.34. The summed E-state index contributed by atoms with van der Waals surface area (Å²) in [5.74, 6) is 0.898. The first kappa shape index (κ1) is 13.1. The molecular weight excluding hydrogens is 224 g/mol. The fraction of sp³-hybridized carbons (Fsp3) is 0.533. The molecule has 2 rings (SSSR count). The van der Waals surface area contributed by atoms with Crippen LogP contribution in [-0.2, 0) is 17.8 Å². The fourth-order valence-corrected chi connectivity index (χ4v) is 1.87. The van der Waals surface area contributed by atoms with Gasteiger partial charge in [-0.3, -0.25) is 4.79 Å². The van der Waals surface area contributed by atoms with Gasteiger partial charge in [0.2, 0.25) is 5.91 Å². The Hall–Kier alpha value is -1.35. The summed E-state index contributed by atoms with van der Waals surface area (Å²) in [6.45, 7) is 4.18. The highest BCUT2D eigenvalue weighted by atomic mass is 16.1. The molecule has 1 amide bonds. The molecule has 2 N–H and O–H groups in total. The number of benzene rings is 1. The van der Waals surface area contributed by atoms with Gasteiger partial charge in [-0.2, -0.15) is 0 Å². The van der Waals surface area contributed by atoms with E-state index in [1.807, 2.05) is 0 Å². The maximum absolute atomic E-state index is 11.6. The van der Waals surface area contributed by atoms with Crippen molar-refractivity contribution in [1.82, 2.24) is 10.6 Å². The molecule has 0 aromatic heterocycles. The van der Waals surface area contributed by atoms with Gasteiger partial charge in [-0.25, -0.2) is 0 Å². The molecule has 0 bridgehead atoms. The third kappa shape index (κ3) is 4.49. The lowest BCUT2D eigenvalue weighted by atomic mass is 10.1. The summed E-state index contributed by atoms with van der Waals surface area (Å²) < 4.78 is 0. The summed E-state index contributed by atoms with van der Waals surface area (Å²) in [6, 6.07) is 8.40. The molecule has 3 heteroatoms. The molecule has 1 aliphatic rings. The number of carbonyl (C=O) groups is 1. The zero-order valence-electron chi connectivity index (χ0n) is 11.0. The summed E-state index contributed by atoms with van der Waals surface area (Å²) in [4.78, 5) is 11.6. The van der Waals surface area contributed by atoms with Crippen LogP contribution in [0.3, 0.4) is 0 Å². The van der Waals surface area contributed by atoms with Gasteiger partial charge in [0, 0.05) is 6.54 Å². The molecule has 18 heavy (non-hydrogen) atoms. The Balaban J connectivity index is 1.64. The van der Waals surface area contributed by atoms with Gasteiger partial charge in [0.15, 0.2) is 0 Å². The topological polar surface area (TPSA) is 41.1 Å². The van der Waals surface area contributed by atoms with Crippen molar-refractivity contribution in [2.24, 2.45) is 5.92 Å². The second kappa shape index (κ2) is 6.55. The smallest absolute Gasteiger partial charge is 0.234 e. The molecule has 0 unspecified atom stereocenters. The number of hydrogen-bond donors (Lipinski definition) is 2. The Morgan fingerprint density at radius 1 is 1.22 bits per heavy atom. The highest BCUT2D eigenvalue weighted by molar-refractivity contribution is 5.77. The molecule has 3 nitrogen and oxygen atoms in total. The first-order valence-corrected chi connectivity index (χ1v) is 6.83. The van der Waals surface area contributed by atoms with E-state index in [2.05, 4.69) is 41.8 Å². The Kier molecular flexibility index (Phi) is 4.76. The van der Waals surface area contributed by atoms with Gasteiger partial charge in [-0.05, 0) is 42.9 Å². The lowest BCUT2D eigenvalue weighted by Gasteiger charge is -2.07. The maximum Gasteiger partial charge on any atom is 0.234 e. The summed E-state index contributed by atoms with van der Waals surface area (Å²) in [7, 11) is 0. The summed E-state index contributed by atoms with van der Waals surface area (Å²) in [5.41, 5.74) is 2.49. The molecular formula is C15H22N2O. The number of amides is 1. The Morgan fingerprint density at radius 3 is 2.50 bits per heavy atom. The second-order valence-electron chi connectivity index (χ2n) is 5.02. The molecule has 1 aromatic rings. The van der Waals surface area contributed by atoms with Crippen LogP contribution in [0.2, 0.25) is 0 Å². The van der Waals surface area contributed by atoms with Crippen molar-refractivity contribution in [2.75, 3.05) is 13.1 Å². The lowest BCUT2D eigenvalue weighted by molar-refractivity contribution is -0.120.